The molecule has 0 spiro atoms. The fraction of sp³-hybridized carbons (Fsp3) is 0.0833. The van der Waals surface area contributed by atoms with E-state index in [2.05, 4.69) is 19.5 Å². The van der Waals surface area contributed by atoms with Crippen LogP contribution in [0.4, 0.5) is 0 Å². The van der Waals surface area contributed by atoms with Gasteiger partial charge in [0, 0.05) is 21.8 Å². The quantitative estimate of drug-likeness (QED) is 0.346. The molecule has 5 rings (SSSR count). The SMILES string of the molecule is COc1cnc(C#N)nc1-c1nc2c(-c3ccc(Cl)cc3)n(-c3cc(Cl)ccc3C)cc2[nH]1. The maximum atomic E-state index is 9.23. The Labute approximate surface area is 199 Å². The first-order valence-corrected chi connectivity index (χ1v) is 10.7. The first-order chi connectivity index (χ1) is 16.0. The van der Waals surface area contributed by atoms with Gasteiger partial charge in [0.1, 0.15) is 11.6 Å². The summed E-state index contributed by atoms with van der Waals surface area (Å²) in [6.45, 7) is 2.03. The van der Waals surface area contributed by atoms with Crippen LogP contribution in [-0.2, 0) is 0 Å². The number of aryl methyl sites for hydroxylation is 1. The van der Waals surface area contributed by atoms with Crippen LogP contribution in [0.5, 0.6) is 5.75 Å². The summed E-state index contributed by atoms with van der Waals surface area (Å²) in [4.78, 5) is 16.4. The van der Waals surface area contributed by atoms with Crippen molar-refractivity contribution < 1.29 is 4.74 Å². The minimum Gasteiger partial charge on any atom is -0.493 e. The Hall–Kier alpha value is -3.86. The molecule has 0 amide bonds. The zero-order chi connectivity index (χ0) is 23.1. The smallest absolute Gasteiger partial charge is 0.233 e. The highest BCUT2D eigenvalue weighted by atomic mass is 35.5. The van der Waals surface area contributed by atoms with Crippen molar-refractivity contribution in [1.29, 1.82) is 5.26 Å². The Morgan fingerprint density at radius 3 is 2.55 bits per heavy atom. The monoisotopic (exact) mass is 474 g/mol. The van der Waals surface area contributed by atoms with Crippen molar-refractivity contribution in [3.63, 3.8) is 0 Å². The topological polar surface area (TPSA) is 92.4 Å². The third-order valence-corrected chi connectivity index (χ3v) is 5.79. The highest BCUT2D eigenvalue weighted by Crippen LogP contribution is 2.36. The molecule has 0 aliphatic heterocycles. The summed E-state index contributed by atoms with van der Waals surface area (Å²) in [6.07, 6.45) is 3.43. The maximum Gasteiger partial charge on any atom is 0.233 e. The number of aromatic nitrogens is 5. The summed E-state index contributed by atoms with van der Waals surface area (Å²) in [5.74, 6) is 0.919. The molecule has 5 aromatic rings. The van der Waals surface area contributed by atoms with Crippen molar-refractivity contribution in [3.8, 4) is 40.3 Å². The third-order valence-electron chi connectivity index (χ3n) is 5.30. The minimum atomic E-state index is 0.0319. The Morgan fingerprint density at radius 2 is 1.82 bits per heavy atom. The van der Waals surface area contributed by atoms with Gasteiger partial charge in [0.05, 0.1) is 30.2 Å². The number of rotatable bonds is 4. The molecular weight excluding hydrogens is 459 g/mol. The van der Waals surface area contributed by atoms with E-state index < -0.39 is 0 Å². The largest absolute Gasteiger partial charge is 0.493 e. The Morgan fingerprint density at radius 1 is 1.06 bits per heavy atom. The lowest BCUT2D eigenvalue weighted by atomic mass is 10.1. The van der Waals surface area contributed by atoms with Gasteiger partial charge in [-0.15, -0.1) is 0 Å². The van der Waals surface area contributed by atoms with Gasteiger partial charge in [0.2, 0.25) is 5.82 Å². The molecular formula is C24H16Cl2N6O. The van der Waals surface area contributed by atoms with Gasteiger partial charge in [-0.05, 0) is 36.8 Å². The Balaban J connectivity index is 1.78. The number of aromatic amines is 1. The van der Waals surface area contributed by atoms with Crippen molar-refractivity contribution in [3.05, 3.63) is 76.3 Å². The molecule has 7 nitrogen and oxygen atoms in total. The van der Waals surface area contributed by atoms with Crippen molar-refractivity contribution >= 4 is 34.2 Å². The summed E-state index contributed by atoms with van der Waals surface area (Å²) in [6, 6.07) is 15.3. The Bertz CT molecular complexity index is 1550. The second kappa shape index (κ2) is 8.24. The van der Waals surface area contributed by atoms with Crippen LogP contribution in [0.15, 0.2) is 54.9 Å². The summed E-state index contributed by atoms with van der Waals surface area (Å²) >= 11 is 12.5. The van der Waals surface area contributed by atoms with E-state index in [4.69, 9.17) is 32.9 Å². The molecule has 0 atom stereocenters. The Kier molecular flexibility index (Phi) is 5.25. The fourth-order valence-corrected chi connectivity index (χ4v) is 4.03. The third kappa shape index (κ3) is 3.69. The molecule has 0 unspecified atom stereocenters. The number of ether oxygens (including phenoxy) is 1. The second-order valence-corrected chi connectivity index (χ2v) is 8.23. The van der Waals surface area contributed by atoms with Gasteiger partial charge in [0.15, 0.2) is 17.3 Å². The standard InChI is InChI=1S/C24H16Cl2N6O/c1-13-3-6-16(26)9-18(13)32-12-17-21(23(32)14-4-7-15(25)8-5-14)31-24(29-17)22-19(33-2)11-28-20(10-27)30-22/h3-9,11-12H,1-2H3,(H,29,31). The van der Waals surface area contributed by atoms with Gasteiger partial charge in [0.25, 0.3) is 0 Å². The highest BCUT2D eigenvalue weighted by Gasteiger charge is 2.21. The number of fused-ring (bicyclic) bond motifs is 1. The van der Waals surface area contributed by atoms with E-state index in [1.807, 2.05) is 61.7 Å². The number of nitriles is 1. The van der Waals surface area contributed by atoms with E-state index in [-0.39, 0.29) is 5.82 Å². The van der Waals surface area contributed by atoms with Crippen LogP contribution >= 0.6 is 23.2 Å². The number of methoxy groups -OCH3 is 1. The number of hydrogen-bond donors (Lipinski definition) is 1. The molecule has 9 heteroatoms. The van der Waals surface area contributed by atoms with Crippen LogP contribution in [0, 0.1) is 18.3 Å². The molecule has 1 N–H and O–H groups in total. The van der Waals surface area contributed by atoms with Crippen molar-refractivity contribution in [2.75, 3.05) is 7.11 Å². The van der Waals surface area contributed by atoms with E-state index in [1.165, 1.54) is 13.3 Å². The lowest BCUT2D eigenvalue weighted by Gasteiger charge is -2.13. The first-order valence-electron chi connectivity index (χ1n) is 9.93. The van der Waals surface area contributed by atoms with Gasteiger partial charge in [-0.25, -0.2) is 15.0 Å². The van der Waals surface area contributed by atoms with Gasteiger partial charge in [-0.2, -0.15) is 5.26 Å². The predicted molar refractivity (Wildman–Crippen MR) is 128 cm³/mol. The molecule has 0 bridgehead atoms. The molecule has 0 aliphatic carbocycles. The number of benzene rings is 2. The van der Waals surface area contributed by atoms with Crippen LogP contribution in [0.25, 0.3) is 39.5 Å². The van der Waals surface area contributed by atoms with Crippen LogP contribution in [0.1, 0.15) is 11.4 Å². The average Bonchev–Trinajstić information content (AvgIpc) is 3.39. The molecule has 3 heterocycles. The maximum absolute atomic E-state index is 9.23. The van der Waals surface area contributed by atoms with Gasteiger partial charge >= 0.3 is 0 Å². The molecule has 3 aromatic heterocycles. The molecule has 0 radical (unpaired) electrons. The summed E-state index contributed by atoms with van der Waals surface area (Å²) in [5.41, 5.74) is 5.71. The van der Waals surface area contributed by atoms with Gasteiger partial charge in [-0.3, -0.25) is 0 Å². The van der Waals surface area contributed by atoms with Crippen molar-refractivity contribution in [1.82, 2.24) is 24.5 Å². The summed E-state index contributed by atoms with van der Waals surface area (Å²) < 4.78 is 7.45. The average molecular weight is 475 g/mol. The molecule has 162 valence electrons. The predicted octanol–water partition coefficient (Wildman–Crippen LogP) is 5.97. The summed E-state index contributed by atoms with van der Waals surface area (Å²) in [7, 11) is 1.52. The lowest BCUT2D eigenvalue weighted by Crippen LogP contribution is -2.00. The number of nitrogens with one attached hydrogen (secondary N) is 1. The molecule has 2 aromatic carbocycles. The second-order valence-electron chi connectivity index (χ2n) is 7.36. The number of nitrogens with zero attached hydrogens (tertiary/aromatic N) is 5. The van der Waals surface area contributed by atoms with Crippen LogP contribution in [0.3, 0.4) is 0 Å². The fourth-order valence-electron chi connectivity index (χ4n) is 3.74. The number of H-pyrrole nitrogens is 1. The number of hydrogen-bond acceptors (Lipinski definition) is 5. The normalized spacial score (nSPS) is 11.0. The van der Waals surface area contributed by atoms with Crippen LogP contribution in [0.2, 0.25) is 10.0 Å². The molecule has 0 saturated carbocycles. The van der Waals surface area contributed by atoms with E-state index in [9.17, 15) is 5.26 Å². The van der Waals surface area contributed by atoms with Crippen LogP contribution < -0.4 is 4.74 Å². The summed E-state index contributed by atoms with van der Waals surface area (Å²) in [5, 5.41) is 10.5. The molecule has 0 fully saturated rings. The first kappa shape index (κ1) is 21.0. The van der Waals surface area contributed by atoms with Crippen molar-refractivity contribution in [2.24, 2.45) is 0 Å². The van der Waals surface area contributed by atoms with Crippen LogP contribution in [-0.4, -0.2) is 31.6 Å². The molecule has 0 saturated heterocycles. The van der Waals surface area contributed by atoms with E-state index in [0.29, 0.717) is 27.3 Å². The zero-order valence-corrected chi connectivity index (χ0v) is 19.1. The van der Waals surface area contributed by atoms with Gasteiger partial charge in [-0.1, -0.05) is 41.4 Å². The number of halogens is 2. The van der Waals surface area contributed by atoms with Crippen molar-refractivity contribution in [2.45, 2.75) is 6.92 Å². The highest BCUT2D eigenvalue weighted by molar-refractivity contribution is 6.31. The molecule has 0 aliphatic rings. The zero-order valence-electron chi connectivity index (χ0n) is 17.6. The van der Waals surface area contributed by atoms with E-state index in [1.54, 1.807) is 0 Å². The van der Waals surface area contributed by atoms with E-state index >= 15 is 0 Å². The minimum absolute atomic E-state index is 0.0319. The van der Waals surface area contributed by atoms with E-state index in [0.717, 1.165) is 33.5 Å². The number of imidazole rings is 1. The van der Waals surface area contributed by atoms with Gasteiger partial charge < -0.3 is 14.3 Å². The lowest BCUT2D eigenvalue weighted by molar-refractivity contribution is 0.412. The molecule has 33 heavy (non-hydrogen) atoms.